The van der Waals surface area contributed by atoms with Gasteiger partial charge in [-0.2, -0.15) is 0 Å². The number of anilines is 1. The molecule has 1 aromatic carbocycles. The Morgan fingerprint density at radius 3 is 2.65 bits per heavy atom. The van der Waals surface area contributed by atoms with Crippen molar-refractivity contribution in [3.05, 3.63) is 48.3 Å². The van der Waals surface area contributed by atoms with Crippen LogP contribution in [0.2, 0.25) is 0 Å². The summed E-state index contributed by atoms with van der Waals surface area (Å²) < 4.78 is 14.4. The zero-order valence-electron chi connectivity index (χ0n) is 24.3. The zero-order valence-corrected chi connectivity index (χ0v) is 24.3. The highest BCUT2D eigenvalue weighted by molar-refractivity contribution is 6.10. The minimum absolute atomic E-state index is 0.0845. The molecule has 40 heavy (non-hydrogen) atoms. The summed E-state index contributed by atoms with van der Waals surface area (Å²) in [6.45, 7) is 15.1. The van der Waals surface area contributed by atoms with Crippen molar-refractivity contribution in [2.24, 2.45) is 42.1 Å². The maximum atomic E-state index is 14.4. The number of hydrogen-bond donors (Lipinski definition) is 0. The molecule has 4 saturated carbocycles. The molecule has 5 nitrogen and oxygen atoms in total. The molecule has 6 heteroatoms. The first-order valence-electron chi connectivity index (χ1n) is 15.3. The van der Waals surface area contributed by atoms with Gasteiger partial charge in [-0.3, -0.25) is 15.0 Å². The van der Waals surface area contributed by atoms with Crippen molar-refractivity contribution < 1.29 is 4.39 Å². The van der Waals surface area contributed by atoms with Crippen molar-refractivity contribution in [2.75, 3.05) is 24.5 Å². The Hall–Kier alpha value is -2.89. The fraction of sp³-hybridized carbons (Fsp3) is 0.588. The van der Waals surface area contributed by atoms with E-state index in [9.17, 15) is 4.39 Å². The van der Waals surface area contributed by atoms with Gasteiger partial charge in [0.25, 0.3) is 0 Å². The van der Waals surface area contributed by atoms with E-state index in [-0.39, 0.29) is 16.7 Å². The largest absolute Gasteiger partial charge is 0.345 e. The van der Waals surface area contributed by atoms with E-state index in [0.717, 1.165) is 92.9 Å². The fourth-order valence-corrected chi connectivity index (χ4v) is 7.23. The number of nitrogens with zero attached hydrogens (tertiary/aromatic N) is 5. The first-order valence-corrected chi connectivity index (χ1v) is 15.3. The predicted octanol–water partition coefficient (Wildman–Crippen LogP) is 7.88. The summed E-state index contributed by atoms with van der Waals surface area (Å²) in [5.41, 5.74) is 5.85. The van der Waals surface area contributed by atoms with Crippen LogP contribution in [0.5, 0.6) is 0 Å². The van der Waals surface area contributed by atoms with E-state index in [2.05, 4.69) is 66.3 Å². The van der Waals surface area contributed by atoms with E-state index in [0.29, 0.717) is 11.8 Å². The number of allylic oxidation sites excluding steroid dienone is 2. The summed E-state index contributed by atoms with van der Waals surface area (Å²) >= 11 is 0. The van der Waals surface area contributed by atoms with Crippen molar-refractivity contribution in [1.82, 2.24) is 0 Å². The highest BCUT2D eigenvalue weighted by atomic mass is 19.1. The minimum atomic E-state index is -0.780. The fourth-order valence-electron chi connectivity index (χ4n) is 7.23. The summed E-state index contributed by atoms with van der Waals surface area (Å²) in [6, 6.07) is 8.49. The molecular weight excluding hydrogens is 497 g/mol. The second-order valence-electron chi connectivity index (χ2n) is 13.4. The number of amidine groups is 1. The van der Waals surface area contributed by atoms with Crippen LogP contribution in [0.4, 0.5) is 10.1 Å². The molecule has 2 unspecified atom stereocenters. The van der Waals surface area contributed by atoms with E-state index in [1.165, 1.54) is 18.6 Å². The van der Waals surface area contributed by atoms with Gasteiger partial charge < -0.3 is 4.90 Å². The lowest BCUT2D eigenvalue weighted by atomic mass is 9.81. The third-order valence-electron chi connectivity index (χ3n) is 10.3. The van der Waals surface area contributed by atoms with Gasteiger partial charge in [0.05, 0.1) is 6.54 Å². The molecule has 4 aliphatic carbocycles. The Labute approximate surface area is 239 Å². The second-order valence-corrected chi connectivity index (χ2v) is 13.4. The van der Waals surface area contributed by atoms with Crippen molar-refractivity contribution in [3.63, 3.8) is 0 Å². The molecule has 0 spiro atoms. The molecule has 0 amide bonds. The van der Waals surface area contributed by atoms with Crippen molar-refractivity contribution >= 4 is 35.7 Å². The van der Waals surface area contributed by atoms with E-state index in [4.69, 9.17) is 9.98 Å². The van der Waals surface area contributed by atoms with Gasteiger partial charge >= 0.3 is 0 Å². The van der Waals surface area contributed by atoms with Gasteiger partial charge in [-0.15, -0.1) is 0 Å². The van der Waals surface area contributed by atoms with Crippen LogP contribution in [0.25, 0.3) is 5.57 Å². The maximum Gasteiger partial charge on any atom is 0.129 e. The van der Waals surface area contributed by atoms with Gasteiger partial charge in [0.2, 0.25) is 0 Å². The number of aliphatic imine (C=N–C) groups is 4. The Bertz CT molecular complexity index is 1290. The first-order chi connectivity index (χ1) is 19.3. The average molecular weight is 542 g/mol. The standard InChI is InChI=1S/C34H44FN5/c1-5-6-16-37-20-26(19-36-4)25-8-7-9-27(17-25)40(24(2)28-18-29(28)35)23-33-12-14-34(22-33,15-13-33)31-38-21-30(39-31)32(3)10-11-32/h7-9,17,19-20,28-29H,2,4-6,10-16,18,21-23H2,1,3H3/b26-19+,37-20?. The number of fused-ring (bicyclic) bond motifs is 2. The third kappa shape index (κ3) is 5.14. The van der Waals surface area contributed by atoms with Crippen LogP contribution >= 0.6 is 0 Å². The number of hydrogen-bond acceptors (Lipinski definition) is 5. The van der Waals surface area contributed by atoms with Gasteiger partial charge in [-0.05, 0) is 87.6 Å². The summed E-state index contributed by atoms with van der Waals surface area (Å²) in [5, 5.41) is 0. The van der Waals surface area contributed by atoms with E-state index in [1.807, 2.05) is 6.21 Å². The molecule has 5 aliphatic rings. The topological polar surface area (TPSA) is 52.7 Å². The van der Waals surface area contributed by atoms with Gasteiger partial charge in [0.1, 0.15) is 12.0 Å². The normalized spacial score (nSPS) is 31.8. The van der Waals surface area contributed by atoms with Crippen LogP contribution in [0.3, 0.4) is 0 Å². The van der Waals surface area contributed by atoms with Crippen LogP contribution in [-0.2, 0) is 0 Å². The van der Waals surface area contributed by atoms with Gasteiger partial charge in [0, 0.05) is 64.9 Å². The van der Waals surface area contributed by atoms with Crippen molar-refractivity contribution in [1.29, 1.82) is 0 Å². The number of rotatable bonds is 13. The Morgan fingerprint density at radius 2 is 1.98 bits per heavy atom. The molecule has 0 saturated heterocycles. The lowest BCUT2D eigenvalue weighted by molar-refractivity contribution is 0.298. The molecule has 212 valence electrons. The average Bonchev–Trinajstić information content (AvgIpc) is 3.68. The SMILES string of the molecule is C=N/C=C(\C=NCCCC)c1cccc(N(CC23CCC(C4=NCC(C5(C)CC5)=N4)(CC2)C3)C(=C)C2CC2F)c1. The Kier molecular flexibility index (Phi) is 7.16. The maximum absolute atomic E-state index is 14.4. The zero-order chi connectivity index (χ0) is 28.0. The molecule has 0 radical (unpaired) electrons. The van der Waals surface area contributed by atoms with Crippen LogP contribution in [0.15, 0.2) is 62.7 Å². The number of unbranched alkanes of at least 4 members (excludes halogenated alkanes) is 1. The summed E-state index contributed by atoms with van der Waals surface area (Å²) in [4.78, 5) is 21.2. The summed E-state index contributed by atoms with van der Waals surface area (Å²) in [7, 11) is 0. The van der Waals surface area contributed by atoms with E-state index >= 15 is 0 Å². The summed E-state index contributed by atoms with van der Waals surface area (Å²) in [5.74, 6) is 1.04. The molecule has 1 aromatic rings. The lowest BCUT2D eigenvalue weighted by Crippen LogP contribution is -2.35. The smallest absolute Gasteiger partial charge is 0.129 e. The molecule has 0 aromatic heterocycles. The first kappa shape index (κ1) is 27.3. The molecule has 6 rings (SSSR count). The molecule has 2 atom stereocenters. The van der Waals surface area contributed by atoms with Gasteiger partial charge in [0.15, 0.2) is 0 Å². The van der Waals surface area contributed by atoms with Crippen LogP contribution < -0.4 is 4.90 Å². The molecule has 4 fully saturated rings. The molecule has 1 aliphatic heterocycles. The molecule has 2 bridgehead atoms. The van der Waals surface area contributed by atoms with Gasteiger partial charge in [-0.1, -0.05) is 39.0 Å². The molecule has 0 N–H and O–H groups in total. The second kappa shape index (κ2) is 10.5. The van der Waals surface area contributed by atoms with Crippen LogP contribution in [0.1, 0.15) is 83.6 Å². The predicted molar refractivity (Wildman–Crippen MR) is 167 cm³/mol. The molecular formula is C34H44FN5. The van der Waals surface area contributed by atoms with E-state index < -0.39 is 6.17 Å². The minimum Gasteiger partial charge on any atom is -0.345 e. The third-order valence-corrected chi connectivity index (χ3v) is 10.3. The number of benzene rings is 1. The monoisotopic (exact) mass is 541 g/mol. The summed E-state index contributed by atoms with van der Waals surface area (Å²) in [6.07, 6.45) is 13.9. The Morgan fingerprint density at radius 1 is 1.20 bits per heavy atom. The van der Waals surface area contributed by atoms with Crippen LogP contribution in [-0.4, -0.2) is 50.3 Å². The van der Waals surface area contributed by atoms with Crippen molar-refractivity contribution in [3.8, 4) is 0 Å². The quantitative estimate of drug-likeness (QED) is 0.185. The molecule has 1 heterocycles. The van der Waals surface area contributed by atoms with Crippen molar-refractivity contribution in [2.45, 2.75) is 84.2 Å². The lowest BCUT2D eigenvalue weighted by Gasteiger charge is -2.37. The highest BCUT2D eigenvalue weighted by Crippen LogP contribution is 2.63. The van der Waals surface area contributed by atoms with E-state index in [1.54, 1.807) is 6.20 Å². The van der Waals surface area contributed by atoms with Crippen LogP contribution in [0, 0.1) is 22.2 Å². The number of halogens is 1. The Balaban J connectivity index is 1.25. The number of alkyl halides is 1. The van der Waals surface area contributed by atoms with Gasteiger partial charge in [-0.25, -0.2) is 9.38 Å². The highest BCUT2D eigenvalue weighted by Gasteiger charge is 2.58.